The fraction of sp³-hybridized carbons (Fsp3) is 0.211. The Morgan fingerprint density at radius 1 is 1.30 bits per heavy atom. The summed E-state index contributed by atoms with van der Waals surface area (Å²) in [4.78, 5) is 12.3. The first-order valence-corrected chi connectivity index (χ1v) is 10.6. The number of carbonyl (C=O) groups is 1. The van der Waals surface area contributed by atoms with E-state index >= 15 is 0 Å². The van der Waals surface area contributed by atoms with Gasteiger partial charge in [0.15, 0.2) is 11.0 Å². The van der Waals surface area contributed by atoms with Gasteiger partial charge in [-0.1, -0.05) is 39.8 Å². The highest BCUT2D eigenvalue weighted by molar-refractivity contribution is 9.10. The topological polar surface area (TPSA) is 89.3 Å². The van der Waals surface area contributed by atoms with Crippen molar-refractivity contribution in [2.75, 3.05) is 11.1 Å². The van der Waals surface area contributed by atoms with Gasteiger partial charge in [-0.3, -0.25) is 4.79 Å². The number of halogens is 3. The lowest BCUT2D eigenvalue weighted by Gasteiger charge is -2.12. The first kappa shape index (κ1) is 22.0. The molecular weight excluding hydrogens is 482 g/mol. The minimum Gasteiger partial charge on any atom is -0.507 e. The largest absolute Gasteiger partial charge is 0.507 e. The second-order valence-electron chi connectivity index (χ2n) is 5.92. The standard InChI is InChI=1S/C19H17BrF2N4O3S/c1-2-26-17(12-9-11(20)7-8-14(12)27)24-25-19(26)30-10-16(28)23-13-5-3-4-6-15(13)29-18(21)22/h3-9,18,27H,2,10H2,1H3,(H,23,28). The molecule has 1 heterocycles. The molecule has 0 radical (unpaired) electrons. The summed E-state index contributed by atoms with van der Waals surface area (Å²) in [5.74, 6) is -0.0241. The quantitative estimate of drug-likeness (QED) is 0.435. The highest BCUT2D eigenvalue weighted by Crippen LogP contribution is 2.33. The third-order valence-electron chi connectivity index (χ3n) is 3.94. The molecule has 2 aromatic carbocycles. The third kappa shape index (κ3) is 5.28. The van der Waals surface area contributed by atoms with E-state index in [0.717, 1.165) is 16.2 Å². The van der Waals surface area contributed by atoms with Crippen LogP contribution in [0.2, 0.25) is 0 Å². The second-order valence-corrected chi connectivity index (χ2v) is 7.78. The number of para-hydroxylation sites is 2. The summed E-state index contributed by atoms with van der Waals surface area (Å²) in [7, 11) is 0. The van der Waals surface area contributed by atoms with Gasteiger partial charge in [0.1, 0.15) is 11.5 Å². The molecule has 0 saturated carbocycles. The van der Waals surface area contributed by atoms with Gasteiger partial charge in [0.25, 0.3) is 0 Å². The van der Waals surface area contributed by atoms with Crippen molar-refractivity contribution in [3.05, 3.63) is 46.9 Å². The van der Waals surface area contributed by atoms with Gasteiger partial charge in [-0.15, -0.1) is 10.2 Å². The van der Waals surface area contributed by atoms with E-state index in [0.29, 0.717) is 23.1 Å². The summed E-state index contributed by atoms with van der Waals surface area (Å²) < 4.78 is 32.0. The summed E-state index contributed by atoms with van der Waals surface area (Å²) in [6.07, 6.45) is 0. The van der Waals surface area contributed by atoms with E-state index in [-0.39, 0.29) is 22.9 Å². The first-order valence-electron chi connectivity index (χ1n) is 8.77. The number of thioether (sulfide) groups is 1. The number of anilines is 1. The van der Waals surface area contributed by atoms with E-state index in [1.165, 1.54) is 18.2 Å². The van der Waals surface area contributed by atoms with E-state index in [1.54, 1.807) is 28.8 Å². The number of ether oxygens (including phenoxy) is 1. The number of hydrogen-bond donors (Lipinski definition) is 2. The van der Waals surface area contributed by atoms with Gasteiger partial charge in [-0.05, 0) is 37.3 Å². The van der Waals surface area contributed by atoms with Gasteiger partial charge in [0, 0.05) is 11.0 Å². The van der Waals surface area contributed by atoms with E-state index in [4.69, 9.17) is 0 Å². The molecule has 1 aromatic heterocycles. The van der Waals surface area contributed by atoms with Crippen molar-refractivity contribution >= 4 is 39.3 Å². The molecule has 1 amide bonds. The summed E-state index contributed by atoms with van der Waals surface area (Å²) in [5.41, 5.74) is 0.660. The monoisotopic (exact) mass is 498 g/mol. The van der Waals surface area contributed by atoms with Crippen LogP contribution in [0.1, 0.15) is 6.92 Å². The van der Waals surface area contributed by atoms with E-state index in [9.17, 15) is 18.7 Å². The van der Waals surface area contributed by atoms with Gasteiger partial charge in [0.2, 0.25) is 5.91 Å². The molecule has 0 unspecified atom stereocenters. The average molecular weight is 499 g/mol. The Hall–Kier alpha value is -2.66. The van der Waals surface area contributed by atoms with Crippen LogP contribution in [-0.2, 0) is 11.3 Å². The molecule has 3 rings (SSSR count). The fourth-order valence-corrected chi connectivity index (χ4v) is 3.82. The van der Waals surface area contributed by atoms with Crippen molar-refractivity contribution in [3.8, 4) is 22.9 Å². The van der Waals surface area contributed by atoms with Crippen LogP contribution in [0.5, 0.6) is 11.5 Å². The number of carbonyl (C=O) groups excluding carboxylic acids is 1. The zero-order valence-corrected chi connectivity index (χ0v) is 18.1. The molecule has 0 atom stereocenters. The number of phenols is 1. The number of nitrogens with zero attached hydrogens (tertiary/aromatic N) is 3. The average Bonchev–Trinajstić information content (AvgIpc) is 3.12. The summed E-state index contributed by atoms with van der Waals surface area (Å²) >= 11 is 4.50. The zero-order chi connectivity index (χ0) is 21.7. The van der Waals surface area contributed by atoms with Gasteiger partial charge in [-0.25, -0.2) is 0 Å². The third-order valence-corrected chi connectivity index (χ3v) is 5.40. The number of amides is 1. The Balaban J connectivity index is 1.72. The SMILES string of the molecule is CCn1c(SCC(=O)Nc2ccccc2OC(F)F)nnc1-c1cc(Br)ccc1O. The lowest BCUT2D eigenvalue weighted by atomic mass is 10.2. The van der Waals surface area contributed by atoms with E-state index < -0.39 is 12.5 Å². The van der Waals surface area contributed by atoms with Gasteiger partial charge < -0.3 is 19.7 Å². The molecule has 0 bridgehead atoms. The highest BCUT2D eigenvalue weighted by Gasteiger charge is 2.18. The second kappa shape index (κ2) is 9.90. The van der Waals surface area contributed by atoms with Crippen LogP contribution in [0.25, 0.3) is 11.4 Å². The first-order chi connectivity index (χ1) is 14.4. The lowest BCUT2D eigenvalue weighted by Crippen LogP contribution is -2.16. The van der Waals surface area contributed by atoms with Crippen molar-refractivity contribution in [2.45, 2.75) is 25.2 Å². The zero-order valence-electron chi connectivity index (χ0n) is 15.7. The minimum atomic E-state index is -2.99. The number of aromatic nitrogens is 3. The molecule has 0 aliphatic rings. The predicted octanol–water partition coefficient (Wildman–Crippen LogP) is 4.77. The maximum Gasteiger partial charge on any atom is 0.387 e. The van der Waals surface area contributed by atoms with Crippen LogP contribution in [0, 0.1) is 0 Å². The number of rotatable bonds is 8. The number of aromatic hydroxyl groups is 1. The van der Waals surface area contributed by atoms with Crippen LogP contribution < -0.4 is 10.1 Å². The molecule has 11 heteroatoms. The smallest absolute Gasteiger partial charge is 0.387 e. The Bertz CT molecular complexity index is 1050. The molecule has 0 saturated heterocycles. The predicted molar refractivity (Wildman–Crippen MR) is 113 cm³/mol. The van der Waals surface area contributed by atoms with E-state index in [1.807, 2.05) is 6.92 Å². The normalized spacial score (nSPS) is 11.0. The molecular formula is C19H17BrF2N4O3S. The number of phenolic OH excluding ortho intramolecular Hbond substituents is 1. The van der Waals surface area contributed by atoms with Crippen molar-refractivity contribution in [1.82, 2.24) is 14.8 Å². The van der Waals surface area contributed by atoms with Gasteiger partial charge >= 0.3 is 6.61 Å². The van der Waals surface area contributed by atoms with Crippen molar-refractivity contribution in [3.63, 3.8) is 0 Å². The summed E-state index contributed by atoms with van der Waals surface area (Å²) in [6, 6.07) is 10.9. The maximum atomic E-state index is 12.5. The van der Waals surface area contributed by atoms with Crippen LogP contribution in [0.15, 0.2) is 52.1 Å². The highest BCUT2D eigenvalue weighted by atomic mass is 79.9. The summed E-state index contributed by atoms with van der Waals surface area (Å²) in [6.45, 7) is -0.582. The molecule has 30 heavy (non-hydrogen) atoms. The van der Waals surface area contributed by atoms with Crippen molar-refractivity contribution < 1.29 is 23.4 Å². The molecule has 0 aliphatic carbocycles. The van der Waals surface area contributed by atoms with Crippen LogP contribution in [0.3, 0.4) is 0 Å². The molecule has 158 valence electrons. The fourth-order valence-electron chi connectivity index (χ4n) is 2.65. The molecule has 0 fully saturated rings. The molecule has 0 spiro atoms. The molecule has 3 aromatic rings. The minimum absolute atomic E-state index is 0.0222. The lowest BCUT2D eigenvalue weighted by molar-refractivity contribution is -0.113. The van der Waals surface area contributed by atoms with E-state index in [2.05, 4.69) is 36.2 Å². The van der Waals surface area contributed by atoms with Gasteiger partial charge in [-0.2, -0.15) is 8.78 Å². The Labute approximate surface area is 183 Å². The molecule has 2 N–H and O–H groups in total. The van der Waals surface area contributed by atoms with Crippen molar-refractivity contribution in [2.24, 2.45) is 0 Å². The Kier molecular flexibility index (Phi) is 7.27. The number of nitrogens with one attached hydrogen (secondary N) is 1. The summed E-state index contributed by atoms with van der Waals surface area (Å²) in [5, 5.41) is 21.5. The van der Waals surface area contributed by atoms with Crippen LogP contribution >= 0.6 is 27.7 Å². The molecule has 0 aliphatic heterocycles. The van der Waals surface area contributed by atoms with Gasteiger partial charge in [0.05, 0.1) is 17.0 Å². The van der Waals surface area contributed by atoms with Crippen molar-refractivity contribution in [1.29, 1.82) is 0 Å². The number of benzene rings is 2. The Morgan fingerprint density at radius 2 is 2.07 bits per heavy atom. The van der Waals surface area contributed by atoms with Crippen LogP contribution in [-0.4, -0.2) is 38.1 Å². The maximum absolute atomic E-state index is 12.5. The number of alkyl halides is 2. The van der Waals surface area contributed by atoms with Crippen LogP contribution in [0.4, 0.5) is 14.5 Å². The Morgan fingerprint density at radius 3 is 2.80 bits per heavy atom. The number of hydrogen-bond acceptors (Lipinski definition) is 6. The molecule has 7 nitrogen and oxygen atoms in total.